The fraction of sp³-hybridized carbons (Fsp3) is 0.400. The van der Waals surface area contributed by atoms with Gasteiger partial charge in [0.1, 0.15) is 11.4 Å². The molecular weight excluding hydrogens is 238 g/mol. The molecule has 1 aromatic heterocycles. The third-order valence-electron chi connectivity index (χ3n) is 3.01. The lowest BCUT2D eigenvalue weighted by atomic mass is 10.1. The van der Waals surface area contributed by atoms with Gasteiger partial charge in [-0.1, -0.05) is 19.9 Å². The molecule has 0 spiro atoms. The topological polar surface area (TPSA) is 53.1 Å². The third kappa shape index (κ3) is 2.72. The highest BCUT2D eigenvalue weighted by molar-refractivity contribution is 5.55. The smallest absolute Gasteiger partial charge is 0.241 e. The van der Waals surface area contributed by atoms with E-state index >= 15 is 0 Å². The van der Waals surface area contributed by atoms with Crippen LogP contribution in [-0.2, 0) is 7.05 Å². The molecule has 102 valence electrons. The molecule has 4 heteroatoms. The van der Waals surface area contributed by atoms with Gasteiger partial charge in [0, 0.05) is 7.05 Å². The molecular formula is C15H21N3O. The number of rotatable bonds is 3. The minimum absolute atomic E-state index is 0.280. The lowest BCUT2D eigenvalue weighted by Gasteiger charge is -2.08. The van der Waals surface area contributed by atoms with Crippen LogP contribution in [0, 0.1) is 13.8 Å². The maximum atomic E-state index is 6.12. The highest BCUT2D eigenvalue weighted by Crippen LogP contribution is 2.33. The summed E-state index contributed by atoms with van der Waals surface area (Å²) in [5.74, 6) is 1.68. The average Bonchev–Trinajstić information content (AvgIpc) is 2.56. The Morgan fingerprint density at radius 1 is 1.16 bits per heavy atom. The van der Waals surface area contributed by atoms with Gasteiger partial charge in [0.2, 0.25) is 5.88 Å². The first-order valence-corrected chi connectivity index (χ1v) is 6.47. The minimum atomic E-state index is 0.280. The normalized spacial score (nSPS) is 11.1. The van der Waals surface area contributed by atoms with Gasteiger partial charge in [0.05, 0.1) is 5.69 Å². The molecule has 2 N–H and O–H groups in total. The lowest BCUT2D eigenvalue weighted by molar-refractivity contribution is 0.432. The second kappa shape index (κ2) is 4.96. The van der Waals surface area contributed by atoms with E-state index in [0.29, 0.717) is 11.6 Å². The number of nitrogen functional groups attached to an aromatic ring is 1. The van der Waals surface area contributed by atoms with Crippen LogP contribution in [0.4, 0.5) is 5.69 Å². The van der Waals surface area contributed by atoms with Crippen LogP contribution in [0.1, 0.15) is 36.6 Å². The molecule has 0 atom stereocenters. The molecule has 1 heterocycles. The summed E-state index contributed by atoms with van der Waals surface area (Å²) in [6.07, 6.45) is 0. The molecule has 0 radical (unpaired) electrons. The van der Waals surface area contributed by atoms with E-state index in [9.17, 15) is 0 Å². The Kier molecular flexibility index (Phi) is 3.51. The first-order chi connectivity index (χ1) is 8.88. The molecule has 0 aliphatic carbocycles. The van der Waals surface area contributed by atoms with E-state index in [-0.39, 0.29) is 5.92 Å². The SMILES string of the molecule is Cc1cc(C)cc(Oc2c(N)c(C(C)C)nn2C)c1. The molecule has 0 bridgehead atoms. The van der Waals surface area contributed by atoms with Crippen molar-refractivity contribution in [3.8, 4) is 11.6 Å². The molecule has 0 unspecified atom stereocenters. The third-order valence-corrected chi connectivity index (χ3v) is 3.01. The van der Waals surface area contributed by atoms with Crippen LogP contribution in [-0.4, -0.2) is 9.78 Å². The summed E-state index contributed by atoms with van der Waals surface area (Å²) in [6.45, 7) is 8.23. The summed E-state index contributed by atoms with van der Waals surface area (Å²) < 4.78 is 7.60. The summed E-state index contributed by atoms with van der Waals surface area (Å²) >= 11 is 0. The number of anilines is 1. The van der Waals surface area contributed by atoms with Crippen molar-refractivity contribution in [2.24, 2.45) is 7.05 Å². The Bertz CT molecular complexity index is 579. The monoisotopic (exact) mass is 259 g/mol. The van der Waals surface area contributed by atoms with Gasteiger partial charge < -0.3 is 10.5 Å². The van der Waals surface area contributed by atoms with Crippen molar-refractivity contribution in [2.45, 2.75) is 33.6 Å². The minimum Gasteiger partial charge on any atom is -0.437 e. The summed E-state index contributed by atoms with van der Waals surface area (Å²) in [4.78, 5) is 0. The molecule has 0 fully saturated rings. The van der Waals surface area contributed by atoms with Crippen molar-refractivity contribution in [3.05, 3.63) is 35.0 Å². The number of aromatic nitrogens is 2. The van der Waals surface area contributed by atoms with Gasteiger partial charge in [-0.2, -0.15) is 5.10 Å². The van der Waals surface area contributed by atoms with E-state index in [1.165, 1.54) is 11.1 Å². The molecule has 1 aromatic carbocycles. The van der Waals surface area contributed by atoms with Crippen LogP contribution in [0.5, 0.6) is 11.6 Å². The summed E-state index contributed by atoms with van der Waals surface area (Å²) in [5.41, 5.74) is 9.95. The Morgan fingerprint density at radius 3 is 2.21 bits per heavy atom. The zero-order chi connectivity index (χ0) is 14.2. The maximum Gasteiger partial charge on any atom is 0.241 e. The number of aryl methyl sites for hydroxylation is 3. The lowest BCUT2D eigenvalue weighted by Crippen LogP contribution is -1.97. The number of nitrogens with two attached hydrogens (primary N) is 1. The average molecular weight is 259 g/mol. The molecule has 19 heavy (non-hydrogen) atoms. The molecule has 2 aromatic rings. The van der Waals surface area contributed by atoms with Crippen LogP contribution in [0.15, 0.2) is 18.2 Å². The van der Waals surface area contributed by atoms with Crippen molar-refractivity contribution in [1.82, 2.24) is 9.78 Å². The van der Waals surface area contributed by atoms with Crippen molar-refractivity contribution >= 4 is 5.69 Å². The highest BCUT2D eigenvalue weighted by atomic mass is 16.5. The Hall–Kier alpha value is -1.97. The van der Waals surface area contributed by atoms with E-state index in [1.807, 2.05) is 33.0 Å². The van der Waals surface area contributed by atoms with Crippen LogP contribution in [0.2, 0.25) is 0 Å². The molecule has 2 rings (SSSR count). The Labute approximate surface area is 114 Å². The van der Waals surface area contributed by atoms with Crippen molar-refractivity contribution in [1.29, 1.82) is 0 Å². The first-order valence-electron chi connectivity index (χ1n) is 6.47. The number of hydrogen-bond acceptors (Lipinski definition) is 3. The largest absolute Gasteiger partial charge is 0.437 e. The number of ether oxygens (including phenoxy) is 1. The fourth-order valence-electron chi connectivity index (χ4n) is 2.20. The zero-order valence-corrected chi connectivity index (χ0v) is 12.2. The Morgan fingerprint density at radius 2 is 1.74 bits per heavy atom. The Balaban J connectivity index is 2.38. The first kappa shape index (κ1) is 13.5. The molecule has 0 saturated heterocycles. The summed E-state index contributed by atoms with van der Waals surface area (Å²) in [7, 11) is 1.85. The fourth-order valence-corrected chi connectivity index (χ4v) is 2.20. The second-order valence-corrected chi connectivity index (χ2v) is 5.31. The summed E-state index contributed by atoms with van der Waals surface area (Å²) in [6, 6.07) is 6.10. The van der Waals surface area contributed by atoms with Crippen LogP contribution in [0.25, 0.3) is 0 Å². The van der Waals surface area contributed by atoms with Gasteiger partial charge in [0.25, 0.3) is 0 Å². The van der Waals surface area contributed by atoms with E-state index in [1.54, 1.807) is 4.68 Å². The van der Waals surface area contributed by atoms with Crippen LogP contribution >= 0.6 is 0 Å². The van der Waals surface area contributed by atoms with Crippen LogP contribution in [0.3, 0.4) is 0 Å². The van der Waals surface area contributed by atoms with Crippen molar-refractivity contribution in [3.63, 3.8) is 0 Å². The van der Waals surface area contributed by atoms with Crippen molar-refractivity contribution in [2.75, 3.05) is 5.73 Å². The van der Waals surface area contributed by atoms with E-state index in [0.717, 1.165) is 11.4 Å². The summed E-state index contributed by atoms with van der Waals surface area (Å²) in [5, 5.41) is 4.42. The highest BCUT2D eigenvalue weighted by Gasteiger charge is 2.17. The quantitative estimate of drug-likeness (QED) is 0.917. The molecule has 0 aliphatic rings. The maximum absolute atomic E-state index is 6.12. The van der Waals surface area contributed by atoms with Crippen molar-refractivity contribution < 1.29 is 4.74 Å². The second-order valence-electron chi connectivity index (χ2n) is 5.31. The molecule has 0 amide bonds. The molecule has 4 nitrogen and oxygen atoms in total. The van der Waals surface area contributed by atoms with Gasteiger partial charge in [-0.3, -0.25) is 0 Å². The zero-order valence-electron chi connectivity index (χ0n) is 12.2. The predicted molar refractivity (Wildman–Crippen MR) is 77.7 cm³/mol. The number of nitrogens with zero attached hydrogens (tertiary/aromatic N) is 2. The van der Waals surface area contributed by atoms with E-state index in [4.69, 9.17) is 10.5 Å². The van der Waals surface area contributed by atoms with E-state index < -0.39 is 0 Å². The standard InChI is InChI=1S/C15H21N3O/c1-9(2)14-13(16)15(18(5)17-14)19-12-7-10(3)6-11(4)8-12/h6-9H,16H2,1-5H3. The van der Waals surface area contributed by atoms with Gasteiger partial charge in [-0.05, 0) is 43.0 Å². The number of benzene rings is 1. The van der Waals surface area contributed by atoms with Gasteiger partial charge in [0.15, 0.2) is 0 Å². The number of hydrogen-bond donors (Lipinski definition) is 1. The van der Waals surface area contributed by atoms with Gasteiger partial charge in [-0.25, -0.2) is 4.68 Å². The molecule has 0 aliphatic heterocycles. The van der Waals surface area contributed by atoms with Gasteiger partial charge in [-0.15, -0.1) is 0 Å². The predicted octanol–water partition coefficient (Wildman–Crippen LogP) is 3.53. The van der Waals surface area contributed by atoms with Gasteiger partial charge >= 0.3 is 0 Å². The molecule has 0 saturated carbocycles. The van der Waals surface area contributed by atoms with Crippen LogP contribution < -0.4 is 10.5 Å². The van der Waals surface area contributed by atoms with E-state index in [2.05, 4.69) is 25.0 Å².